The van der Waals surface area contributed by atoms with E-state index in [9.17, 15) is 0 Å². The minimum atomic E-state index is 0.885. The second-order valence-corrected chi connectivity index (χ2v) is 3.21. The molecule has 0 aliphatic heterocycles. The van der Waals surface area contributed by atoms with Crippen LogP contribution in [-0.2, 0) is 0 Å². The van der Waals surface area contributed by atoms with Crippen molar-refractivity contribution in [2.24, 2.45) is 4.99 Å². The fourth-order valence-electron chi connectivity index (χ4n) is 0.992. The molecular weight excluding hydrogens is 172 g/mol. The number of rotatable bonds is 6. The van der Waals surface area contributed by atoms with Gasteiger partial charge in [0.25, 0.3) is 0 Å². The SMILES string of the molecule is C=C(/C=C(/C)C=NC)C(=C)NCCC. The van der Waals surface area contributed by atoms with Crippen LogP contribution in [0, 0.1) is 0 Å². The Morgan fingerprint density at radius 1 is 1.43 bits per heavy atom. The average molecular weight is 192 g/mol. The number of nitrogens with zero attached hydrogens (tertiary/aromatic N) is 1. The largest absolute Gasteiger partial charge is 0.385 e. The Morgan fingerprint density at radius 3 is 2.57 bits per heavy atom. The summed E-state index contributed by atoms with van der Waals surface area (Å²) >= 11 is 0. The van der Waals surface area contributed by atoms with Crippen LogP contribution >= 0.6 is 0 Å². The first kappa shape index (κ1) is 12.7. The molecule has 0 aliphatic carbocycles. The van der Waals surface area contributed by atoms with E-state index >= 15 is 0 Å². The molecule has 0 atom stereocenters. The third kappa shape index (κ3) is 5.36. The van der Waals surface area contributed by atoms with Gasteiger partial charge < -0.3 is 5.32 Å². The number of allylic oxidation sites excluding steroid dienone is 2. The summed E-state index contributed by atoms with van der Waals surface area (Å²) in [6.07, 6.45) is 4.86. The summed E-state index contributed by atoms with van der Waals surface area (Å²) in [4.78, 5) is 3.93. The maximum absolute atomic E-state index is 3.93. The summed E-state index contributed by atoms with van der Waals surface area (Å²) < 4.78 is 0. The molecule has 78 valence electrons. The Bertz CT molecular complexity index is 259. The summed E-state index contributed by atoms with van der Waals surface area (Å²) in [6, 6.07) is 0. The minimum absolute atomic E-state index is 0.885. The van der Waals surface area contributed by atoms with Crippen LogP contribution in [0.4, 0.5) is 0 Å². The van der Waals surface area contributed by atoms with Crippen molar-refractivity contribution in [2.75, 3.05) is 13.6 Å². The van der Waals surface area contributed by atoms with Gasteiger partial charge >= 0.3 is 0 Å². The minimum Gasteiger partial charge on any atom is -0.385 e. The predicted octanol–water partition coefficient (Wildman–Crippen LogP) is 2.70. The van der Waals surface area contributed by atoms with E-state index in [2.05, 4.69) is 30.4 Å². The number of aliphatic imine (C=N–C) groups is 1. The van der Waals surface area contributed by atoms with Gasteiger partial charge in [0.15, 0.2) is 0 Å². The Labute approximate surface area is 87.1 Å². The highest BCUT2D eigenvalue weighted by atomic mass is 14.9. The van der Waals surface area contributed by atoms with E-state index < -0.39 is 0 Å². The molecule has 0 aliphatic rings. The van der Waals surface area contributed by atoms with Crippen LogP contribution in [0.15, 0.2) is 41.1 Å². The summed E-state index contributed by atoms with van der Waals surface area (Å²) in [5.74, 6) is 0. The molecule has 0 fully saturated rings. The van der Waals surface area contributed by atoms with Crippen LogP contribution in [0.2, 0.25) is 0 Å². The lowest BCUT2D eigenvalue weighted by Crippen LogP contribution is -2.13. The first-order chi connectivity index (χ1) is 6.61. The van der Waals surface area contributed by atoms with E-state index in [1.165, 1.54) is 0 Å². The molecule has 0 rings (SSSR count). The Kier molecular flexibility index (Phi) is 6.46. The normalized spacial score (nSPS) is 11.8. The maximum Gasteiger partial charge on any atom is 0.0334 e. The predicted molar refractivity (Wildman–Crippen MR) is 64.7 cm³/mol. The number of hydrogen-bond donors (Lipinski definition) is 1. The molecule has 14 heavy (non-hydrogen) atoms. The molecule has 2 nitrogen and oxygen atoms in total. The summed E-state index contributed by atoms with van der Waals surface area (Å²) in [5, 5.41) is 3.20. The van der Waals surface area contributed by atoms with Crippen molar-refractivity contribution < 1.29 is 0 Å². The topological polar surface area (TPSA) is 24.4 Å². The van der Waals surface area contributed by atoms with Crippen LogP contribution < -0.4 is 5.32 Å². The molecule has 0 radical (unpaired) electrons. The molecule has 0 aromatic rings. The highest BCUT2D eigenvalue weighted by molar-refractivity contribution is 5.78. The highest BCUT2D eigenvalue weighted by Crippen LogP contribution is 2.05. The van der Waals surface area contributed by atoms with Crippen molar-refractivity contribution in [1.82, 2.24) is 5.32 Å². The van der Waals surface area contributed by atoms with Gasteiger partial charge in [-0.15, -0.1) is 0 Å². The highest BCUT2D eigenvalue weighted by Gasteiger charge is 1.95. The van der Waals surface area contributed by atoms with E-state index in [1.807, 2.05) is 13.0 Å². The van der Waals surface area contributed by atoms with Crippen molar-refractivity contribution >= 4 is 6.21 Å². The first-order valence-corrected chi connectivity index (χ1v) is 4.84. The van der Waals surface area contributed by atoms with Gasteiger partial charge in [0.05, 0.1) is 0 Å². The molecule has 0 amide bonds. The van der Waals surface area contributed by atoms with Gasteiger partial charge in [-0.25, -0.2) is 0 Å². The van der Waals surface area contributed by atoms with Crippen LogP contribution in [0.3, 0.4) is 0 Å². The lowest BCUT2D eigenvalue weighted by atomic mass is 10.1. The van der Waals surface area contributed by atoms with Gasteiger partial charge in [0.1, 0.15) is 0 Å². The zero-order valence-electron chi connectivity index (χ0n) is 9.43. The molecule has 0 unspecified atom stereocenters. The second-order valence-electron chi connectivity index (χ2n) is 3.21. The molecule has 0 heterocycles. The van der Waals surface area contributed by atoms with Gasteiger partial charge in [0.2, 0.25) is 0 Å². The fraction of sp³-hybridized carbons (Fsp3) is 0.417. The fourth-order valence-corrected chi connectivity index (χ4v) is 0.992. The average Bonchev–Trinajstić information content (AvgIpc) is 2.14. The molecule has 0 saturated carbocycles. The third-order valence-corrected chi connectivity index (χ3v) is 1.71. The van der Waals surface area contributed by atoms with E-state index in [0.29, 0.717) is 0 Å². The molecule has 2 heteroatoms. The van der Waals surface area contributed by atoms with Gasteiger partial charge in [-0.3, -0.25) is 4.99 Å². The zero-order chi connectivity index (χ0) is 11.0. The molecule has 0 aromatic carbocycles. The van der Waals surface area contributed by atoms with Gasteiger partial charge in [-0.05, 0) is 30.6 Å². The Balaban J connectivity index is 4.20. The standard InChI is InChI=1S/C12H20N2/c1-6-7-14-12(4)11(3)8-10(2)9-13-5/h8-9,14H,3-4,6-7H2,1-2,5H3/b10-8-,13-9?. The second kappa shape index (κ2) is 7.13. The summed E-state index contributed by atoms with van der Waals surface area (Å²) in [5.41, 5.74) is 2.88. The van der Waals surface area contributed by atoms with Crippen LogP contribution in [0.1, 0.15) is 20.3 Å². The van der Waals surface area contributed by atoms with Crippen molar-refractivity contribution in [3.8, 4) is 0 Å². The van der Waals surface area contributed by atoms with Crippen molar-refractivity contribution in [1.29, 1.82) is 0 Å². The Hall–Kier alpha value is -1.31. The van der Waals surface area contributed by atoms with E-state index in [0.717, 1.165) is 29.8 Å². The van der Waals surface area contributed by atoms with Gasteiger partial charge in [-0.1, -0.05) is 20.1 Å². The lowest BCUT2D eigenvalue weighted by molar-refractivity contribution is 0.782. The Morgan fingerprint density at radius 2 is 2.07 bits per heavy atom. The number of hydrogen-bond acceptors (Lipinski definition) is 2. The van der Waals surface area contributed by atoms with Gasteiger partial charge in [0, 0.05) is 25.5 Å². The van der Waals surface area contributed by atoms with E-state index in [4.69, 9.17) is 0 Å². The van der Waals surface area contributed by atoms with Crippen molar-refractivity contribution in [3.05, 3.63) is 36.1 Å². The molecule has 1 N–H and O–H groups in total. The summed E-state index contributed by atoms with van der Waals surface area (Å²) in [6.45, 7) is 12.9. The molecule has 0 bridgehead atoms. The smallest absolute Gasteiger partial charge is 0.0334 e. The molecular formula is C12H20N2. The first-order valence-electron chi connectivity index (χ1n) is 4.84. The van der Waals surface area contributed by atoms with Crippen LogP contribution in [0.5, 0.6) is 0 Å². The monoisotopic (exact) mass is 192 g/mol. The number of nitrogens with one attached hydrogen (secondary N) is 1. The van der Waals surface area contributed by atoms with Crippen LogP contribution in [-0.4, -0.2) is 19.8 Å². The van der Waals surface area contributed by atoms with Crippen molar-refractivity contribution in [3.63, 3.8) is 0 Å². The quantitative estimate of drug-likeness (QED) is 0.508. The van der Waals surface area contributed by atoms with Crippen LogP contribution in [0.25, 0.3) is 0 Å². The maximum atomic E-state index is 3.93. The molecule has 0 aromatic heterocycles. The summed E-state index contributed by atoms with van der Waals surface area (Å²) in [7, 11) is 1.75. The lowest BCUT2D eigenvalue weighted by Gasteiger charge is -2.08. The third-order valence-electron chi connectivity index (χ3n) is 1.71. The molecule has 0 spiro atoms. The van der Waals surface area contributed by atoms with Gasteiger partial charge in [-0.2, -0.15) is 0 Å². The molecule has 0 saturated heterocycles. The van der Waals surface area contributed by atoms with Crippen molar-refractivity contribution in [2.45, 2.75) is 20.3 Å². The van der Waals surface area contributed by atoms with E-state index in [1.54, 1.807) is 13.3 Å². The van der Waals surface area contributed by atoms with E-state index in [-0.39, 0.29) is 0 Å². The zero-order valence-corrected chi connectivity index (χ0v) is 9.43.